The Morgan fingerprint density at radius 1 is 1.06 bits per heavy atom. The summed E-state index contributed by atoms with van der Waals surface area (Å²) in [6.45, 7) is 9.22. The fourth-order valence-corrected chi connectivity index (χ4v) is 2.89. The van der Waals surface area contributed by atoms with Crippen molar-refractivity contribution >= 4 is 0 Å². The molecule has 0 amide bonds. The van der Waals surface area contributed by atoms with Crippen molar-refractivity contribution in [2.24, 2.45) is 17.8 Å². The Morgan fingerprint density at radius 3 is 2.31 bits per heavy atom. The molecule has 0 aromatic carbocycles. The van der Waals surface area contributed by atoms with Gasteiger partial charge in [0.1, 0.15) is 0 Å². The van der Waals surface area contributed by atoms with Crippen molar-refractivity contribution in [2.75, 3.05) is 0 Å². The molecule has 94 valence electrons. The van der Waals surface area contributed by atoms with Crippen molar-refractivity contribution in [1.82, 2.24) is 0 Å². The smallest absolute Gasteiger partial charge is 0.0651 e. The van der Waals surface area contributed by atoms with Gasteiger partial charge in [-0.3, -0.25) is 0 Å². The largest absolute Gasteiger partial charge is 0.0894 e. The van der Waals surface area contributed by atoms with Crippen molar-refractivity contribution in [1.29, 1.82) is 0 Å². The Labute approximate surface area is 103 Å². The maximum atomic E-state index is 2.35. The van der Waals surface area contributed by atoms with Gasteiger partial charge in [0.25, 0.3) is 0 Å². The molecule has 2 unspecified atom stereocenters. The first-order valence-electron chi connectivity index (χ1n) is 7.46. The van der Waals surface area contributed by atoms with E-state index in [1.54, 1.807) is 12.3 Å². The van der Waals surface area contributed by atoms with E-state index < -0.39 is 0 Å². The molecule has 0 bridgehead atoms. The molecule has 0 heteroatoms. The molecule has 0 N–H and O–H groups in total. The summed E-state index contributed by atoms with van der Waals surface area (Å²) in [6.07, 6.45) is 11.6. The average molecular weight is 223 g/mol. The standard InChI is InChI=1S/C16H31/c1-5-14(6-2)11-16-12-15(16)10-8-7-9-13(3)4/h14-16H,5-12H2,1-4H3/q+1. The third-order valence-corrected chi connectivity index (χ3v) is 4.36. The molecule has 0 heterocycles. The minimum Gasteiger partial charge on any atom is -0.0651 e. The Balaban J connectivity index is 1.98. The molecule has 0 spiro atoms. The molecule has 0 radical (unpaired) electrons. The van der Waals surface area contributed by atoms with Crippen molar-refractivity contribution in [3.05, 3.63) is 5.92 Å². The van der Waals surface area contributed by atoms with Gasteiger partial charge in [-0.1, -0.05) is 33.1 Å². The molecule has 0 nitrogen and oxygen atoms in total. The molecule has 1 rings (SSSR count). The molecular formula is C16H31+. The predicted molar refractivity (Wildman–Crippen MR) is 73.3 cm³/mol. The zero-order valence-electron chi connectivity index (χ0n) is 11.9. The van der Waals surface area contributed by atoms with E-state index in [1.807, 2.05) is 0 Å². The van der Waals surface area contributed by atoms with Gasteiger partial charge >= 0.3 is 0 Å². The molecule has 1 saturated carbocycles. The van der Waals surface area contributed by atoms with Crippen LogP contribution >= 0.6 is 0 Å². The van der Waals surface area contributed by atoms with Crippen molar-refractivity contribution in [3.8, 4) is 0 Å². The summed E-state index contributed by atoms with van der Waals surface area (Å²) in [7, 11) is 0. The second-order valence-corrected chi connectivity index (χ2v) is 6.13. The normalized spacial score (nSPS) is 23.8. The van der Waals surface area contributed by atoms with Crippen molar-refractivity contribution < 1.29 is 0 Å². The first kappa shape index (κ1) is 13.9. The zero-order valence-corrected chi connectivity index (χ0v) is 11.9. The lowest BCUT2D eigenvalue weighted by Gasteiger charge is -2.11. The molecule has 0 aliphatic heterocycles. The first-order chi connectivity index (χ1) is 7.67. The van der Waals surface area contributed by atoms with Crippen LogP contribution in [0.5, 0.6) is 0 Å². The van der Waals surface area contributed by atoms with E-state index in [-0.39, 0.29) is 0 Å². The molecule has 0 aromatic rings. The maximum absolute atomic E-state index is 2.35. The lowest BCUT2D eigenvalue weighted by molar-refractivity contribution is 0.410. The zero-order chi connectivity index (χ0) is 12.0. The molecule has 2 atom stereocenters. The fourth-order valence-electron chi connectivity index (χ4n) is 2.89. The van der Waals surface area contributed by atoms with Crippen LogP contribution in [0.25, 0.3) is 0 Å². The van der Waals surface area contributed by atoms with E-state index in [0.717, 1.165) is 17.8 Å². The second-order valence-electron chi connectivity index (χ2n) is 6.13. The molecule has 0 aromatic heterocycles. The maximum Gasteiger partial charge on any atom is 0.0894 e. The van der Waals surface area contributed by atoms with Crippen LogP contribution in [0.2, 0.25) is 0 Å². The highest BCUT2D eigenvalue weighted by atomic mass is 14.4. The van der Waals surface area contributed by atoms with Gasteiger partial charge in [0.2, 0.25) is 0 Å². The second kappa shape index (κ2) is 7.25. The van der Waals surface area contributed by atoms with Crippen molar-refractivity contribution in [2.45, 2.75) is 79.1 Å². The van der Waals surface area contributed by atoms with Gasteiger partial charge in [-0.05, 0) is 43.4 Å². The van der Waals surface area contributed by atoms with Crippen LogP contribution in [0.15, 0.2) is 0 Å². The summed E-state index contributed by atoms with van der Waals surface area (Å²) in [5, 5.41) is 0. The number of hydrogen-bond acceptors (Lipinski definition) is 0. The minimum absolute atomic E-state index is 1.02. The lowest BCUT2D eigenvalue weighted by atomic mass is 9.95. The van der Waals surface area contributed by atoms with E-state index in [0.29, 0.717) is 0 Å². The van der Waals surface area contributed by atoms with E-state index in [4.69, 9.17) is 0 Å². The third-order valence-electron chi connectivity index (χ3n) is 4.36. The predicted octanol–water partition coefficient (Wildman–Crippen LogP) is 5.62. The average Bonchev–Trinajstić information content (AvgIpc) is 2.99. The van der Waals surface area contributed by atoms with Crippen LogP contribution in [0.4, 0.5) is 0 Å². The summed E-state index contributed by atoms with van der Waals surface area (Å²) in [4.78, 5) is 0. The van der Waals surface area contributed by atoms with Crippen LogP contribution in [-0.4, -0.2) is 0 Å². The highest BCUT2D eigenvalue weighted by Gasteiger charge is 2.36. The molecule has 0 saturated heterocycles. The van der Waals surface area contributed by atoms with Gasteiger partial charge in [0.15, 0.2) is 0 Å². The summed E-state index contributed by atoms with van der Waals surface area (Å²) >= 11 is 0. The summed E-state index contributed by atoms with van der Waals surface area (Å²) in [6, 6.07) is 0. The molecule has 1 aliphatic rings. The van der Waals surface area contributed by atoms with Crippen molar-refractivity contribution in [3.63, 3.8) is 0 Å². The van der Waals surface area contributed by atoms with E-state index in [9.17, 15) is 0 Å². The van der Waals surface area contributed by atoms with E-state index in [2.05, 4.69) is 27.7 Å². The summed E-state index contributed by atoms with van der Waals surface area (Å²) in [5.74, 6) is 4.83. The number of unbranched alkanes of at least 4 members (excludes halogenated alkanes) is 1. The van der Waals surface area contributed by atoms with Crippen LogP contribution in [-0.2, 0) is 0 Å². The van der Waals surface area contributed by atoms with E-state index >= 15 is 0 Å². The van der Waals surface area contributed by atoms with Crippen LogP contribution < -0.4 is 0 Å². The summed E-state index contributed by atoms with van der Waals surface area (Å²) < 4.78 is 0. The number of hydrogen-bond donors (Lipinski definition) is 0. The highest BCUT2D eigenvalue weighted by Crippen LogP contribution is 2.47. The molecule has 1 aliphatic carbocycles. The van der Waals surface area contributed by atoms with Crippen LogP contribution in [0.1, 0.15) is 79.1 Å². The van der Waals surface area contributed by atoms with Gasteiger partial charge in [-0.25, -0.2) is 0 Å². The Kier molecular flexibility index (Phi) is 6.31. The Hall–Kier alpha value is -0.130. The van der Waals surface area contributed by atoms with Gasteiger partial charge in [0, 0.05) is 0 Å². The van der Waals surface area contributed by atoms with Crippen LogP contribution in [0, 0.1) is 23.7 Å². The molecule has 16 heavy (non-hydrogen) atoms. The SMILES string of the molecule is CCC(CC)CC1CC1CCCC[C+](C)C. The van der Waals surface area contributed by atoms with Gasteiger partial charge in [-0.15, -0.1) is 0 Å². The Morgan fingerprint density at radius 2 is 1.75 bits per heavy atom. The van der Waals surface area contributed by atoms with Gasteiger partial charge in [-0.2, -0.15) is 0 Å². The number of rotatable bonds is 9. The van der Waals surface area contributed by atoms with Crippen LogP contribution in [0.3, 0.4) is 0 Å². The monoisotopic (exact) mass is 223 g/mol. The molecular weight excluding hydrogens is 192 g/mol. The van der Waals surface area contributed by atoms with Gasteiger partial charge < -0.3 is 0 Å². The first-order valence-corrected chi connectivity index (χ1v) is 7.46. The van der Waals surface area contributed by atoms with Gasteiger partial charge in [0.05, 0.1) is 26.2 Å². The minimum atomic E-state index is 1.02. The Bertz CT molecular complexity index is 167. The third kappa shape index (κ3) is 5.27. The fraction of sp³-hybridized carbons (Fsp3) is 0.938. The molecule has 1 fully saturated rings. The lowest BCUT2D eigenvalue weighted by Crippen LogP contribution is -1.99. The highest BCUT2D eigenvalue weighted by molar-refractivity contribution is 4.87. The van der Waals surface area contributed by atoms with E-state index in [1.165, 1.54) is 44.9 Å². The quantitative estimate of drug-likeness (QED) is 0.351. The summed E-state index contributed by atoms with van der Waals surface area (Å²) in [5.41, 5.74) is 0. The topological polar surface area (TPSA) is 0 Å².